The van der Waals surface area contributed by atoms with E-state index in [1.54, 1.807) is 0 Å². The van der Waals surface area contributed by atoms with Gasteiger partial charge in [-0.15, -0.1) is 0 Å². The summed E-state index contributed by atoms with van der Waals surface area (Å²) in [6.07, 6.45) is 14.7. The Labute approximate surface area is 132 Å². The first-order valence-electron chi connectivity index (χ1n) is 8.22. The van der Waals surface area contributed by atoms with Crippen molar-refractivity contribution in [2.75, 3.05) is 0 Å². The zero-order valence-electron chi connectivity index (χ0n) is 13.3. The topological polar surface area (TPSA) is 26.0 Å². The average molecular weight is 289 g/mol. The zero-order chi connectivity index (χ0) is 15.3. The van der Waals surface area contributed by atoms with Crippen LogP contribution in [0.1, 0.15) is 31.4 Å². The van der Waals surface area contributed by atoms with Crippen LogP contribution in [0.25, 0.3) is 5.57 Å². The van der Waals surface area contributed by atoms with E-state index in [9.17, 15) is 0 Å². The van der Waals surface area contributed by atoms with E-state index < -0.39 is 0 Å². The van der Waals surface area contributed by atoms with Crippen LogP contribution < -0.4 is 5.73 Å². The highest BCUT2D eigenvalue weighted by molar-refractivity contribution is 5.90. The van der Waals surface area contributed by atoms with Gasteiger partial charge >= 0.3 is 0 Å². The summed E-state index contributed by atoms with van der Waals surface area (Å²) in [5.74, 6) is 0.906. The molecule has 0 heterocycles. The third-order valence-electron chi connectivity index (χ3n) is 5.52. The summed E-state index contributed by atoms with van der Waals surface area (Å²) in [4.78, 5) is 0. The van der Waals surface area contributed by atoms with Gasteiger partial charge in [-0.2, -0.15) is 0 Å². The molecule has 1 nitrogen and oxygen atoms in total. The first kappa shape index (κ1) is 13.8. The van der Waals surface area contributed by atoms with Crippen molar-refractivity contribution in [1.82, 2.24) is 0 Å². The molecule has 0 aliphatic heterocycles. The fraction of sp³-hybridized carbons (Fsp3) is 0.333. The maximum absolute atomic E-state index is 6.54. The van der Waals surface area contributed by atoms with E-state index in [-0.39, 0.29) is 11.5 Å². The van der Waals surface area contributed by atoms with E-state index in [0.29, 0.717) is 11.8 Å². The largest absolute Gasteiger partial charge is 0.324 e. The minimum atomic E-state index is 0.0628. The summed E-state index contributed by atoms with van der Waals surface area (Å²) >= 11 is 0. The fourth-order valence-corrected chi connectivity index (χ4v) is 4.27. The van der Waals surface area contributed by atoms with Crippen LogP contribution >= 0.6 is 0 Å². The van der Waals surface area contributed by atoms with Crippen molar-refractivity contribution in [3.05, 3.63) is 77.4 Å². The second-order valence-corrected chi connectivity index (χ2v) is 7.20. The SMILES string of the molecule is CC1(C)C2=CC(N)C(C3C=CC=CC3)C=C2c2ccccc21. The van der Waals surface area contributed by atoms with Crippen molar-refractivity contribution >= 4 is 5.57 Å². The van der Waals surface area contributed by atoms with Gasteiger partial charge in [0.1, 0.15) is 0 Å². The smallest absolute Gasteiger partial charge is 0.0299 e. The van der Waals surface area contributed by atoms with Crippen molar-refractivity contribution in [2.45, 2.75) is 31.7 Å². The van der Waals surface area contributed by atoms with Gasteiger partial charge in [-0.1, -0.05) is 74.6 Å². The maximum Gasteiger partial charge on any atom is 0.0299 e. The van der Waals surface area contributed by atoms with Gasteiger partial charge < -0.3 is 5.73 Å². The highest BCUT2D eigenvalue weighted by Gasteiger charge is 2.41. The van der Waals surface area contributed by atoms with Crippen LogP contribution in [0, 0.1) is 11.8 Å². The van der Waals surface area contributed by atoms with Gasteiger partial charge in [-0.05, 0) is 34.6 Å². The van der Waals surface area contributed by atoms with Crippen LogP contribution in [0.2, 0.25) is 0 Å². The molecule has 0 bridgehead atoms. The number of rotatable bonds is 1. The molecule has 1 aromatic carbocycles. The lowest BCUT2D eigenvalue weighted by Gasteiger charge is -2.33. The molecule has 22 heavy (non-hydrogen) atoms. The lowest BCUT2D eigenvalue weighted by molar-refractivity contribution is 0.430. The van der Waals surface area contributed by atoms with Crippen molar-refractivity contribution in [1.29, 1.82) is 0 Å². The number of hydrogen-bond acceptors (Lipinski definition) is 1. The van der Waals surface area contributed by atoms with Gasteiger partial charge in [-0.3, -0.25) is 0 Å². The first-order chi connectivity index (χ1) is 10.6. The number of benzene rings is 1. The van der Waals surface area contributed by atoms with Crippen LogP contribution in [-0.4, -0.2) is 6.04 Å². The molecule has 0 spiro atoms. The molecule has 0 fully saturated rings. The molecule has 0 saturated heterocycles. The minimum Gasteiger partial charge on any atom is -0.324 e. The van der Waals surface area contributed by atoms with Crippen LogP contribution in [-0.2, 0) is 5.41 Å². The lowest BCUT2D eigenvalue weighted by Crippen LogP contribution is -2.35. The number of nitrogens with two attached hydrogens (primary N) is 1. The molecule has 112 valence electrons. The standard InChI is InChI=1S/C21H23N/c1-21(2)18-11-7-6-10-15(18)17-12-16(20(22)13-19(17)21)14-8-4-3-5-9-14/h3-8,10-14,16,20H,9,22H2,1-2H3. The highest BCUT2D eigenvalue weighted by atomic mass is 14.7. The van der Waals surface area contributed by atoms with E-state index in [2.05, 4.69) is 74.6 Å². The first-order valence-corrected chi connectivity index (χ1v) is 8.22. The van der Waals surface area contributed by atoms with Gasteiger partial charge in [0.2, 0.25) is 0 Å². The summed E-state index contributed by atoms with van der Waals surface area (Å²) in [6, 6.07) is 8.91. The molecule has 0 radical (unpaired) electrons. The number of allylic oxidation sites excluding steroid dienone is 6. The number of fused-ring (bicyclic) bond motifs is 3. The molecule has 2 N–H and O–H groups in total. The Morgan fingerprint density at radius 1 is 1.09 bits per heavy atom. The predicted molar refractivity (Wildman–Crippen MR) is 93.4 cm³/mol. The van der Waals surface area contributed by atoms with E-state index in [1.165, 1.54) is 22.3 Å². The van der Waals surface area contributed by atoms with Crippen LogP contribution in [0.3, 0.4) is 0 Å². The molecule has 4 rings (SSSR count). The normalized spacial score (nSPS) is 31.3. The van der Waals surface area contributed by atoms with Crippen LogP contribution in [0.15, 0.2) is 66.3 Å². The van der Waals surface area contributed by atoms with Crippen LogP contribution in [0.4, 0.5) is 0 Å². The Hall–Kier alpha value is -1.86. The van der Waals surface area contributed by atoms with E-state index in [1.807, 2.05) is 0 Å². The van der Waals surface area contributed by atoms with E-state index >= 15 is 0 Å². The molecule has 0 saturated carbocycles. The van der Waals surface area contributed by atoms with Crippen LogP contribution in [0.5, 0.6) is 0 Å². The van der Waals surface area contributed by atoms with Gasteiger partial charge in [0, 0.05) is 17.4 Å². The summed E-state index contributed by atoms with van der Waals surface area (Å²) in [7, 11) is 0. The fourth-order valence-electron chi connectivity index (χ4n) is 4.27. The van der Waals surface area contributed by atoms with Gasteiger partial charge in [0.05, 0.1) is 0 Å². The zero-order valence-corrected chi connectivity index (χ0v) is 13.3. The van der Waals surface area contributed by atoms with Crippen molar-refractivity contribution in [2.24, 2.45) is 17.6 Å². The van der Waals surface area contributed by atoms with Gasteiger partial charge in [0.25, 0.3) is 0 Å². The molecule has 3 unspecified atom stereocenters. The Morgan fingerprint density at radius 2 is 1.91 bits per heavy atom. The summed E-state index contributed by atoms with van der Waals surface area (Å²) in [6.45, 7) is 4.63. The van der Waals surface area contributed by atoms with Crippen molar-refractivity contribution < 1.29 is 0 Å². The third kappa shape index (κ3) is 1.89. The van der Waals surface area contributed by atoms with Crippen molar-refractivity contribution in [3.8, 4) is 0 Å². The molecule has 0 amide bonds. The maximum atomic E-state index is 6.54. The van der Waals surface area contributed by atoms with Crippen molar-refractivity contribution in [3.63, 3.8) is 0 Å². The lowest BCUT2D eigenvalue weighted by atomic mass is 9.73. The Bertz CT molecular complexity index is 730. The third-order valence-corrected chi connectivity index (χ3v) is 5.52. The minimum absolute atomic E-state index is 0.0628. The average Bonchev–Trinajstić information content (AvgIpc) is 2.76. The second kappa shape index (κ2) is 4.82. The monoisotopic (exact) mass is 289 g/mol. The number of hydrogen-bond donors (Lipinski definition) is 1. The molecular weight excluding hydrogens is 266 g/mol. The molecular formula is C21H23N. The van der Waals surface area contributed by atoms with Gasteiger partial charge in [-0.25, -0.2) is 0 Å². The Morgan fingerprint density at radius 3 is 2.68 bits per heavy atom. The van der Waals surface area contributed by atoms with E-state index in [4.69, 9.17) is 5.73 Å². The predicted octanol–water partition coefficient (Wildman–Crippen LogP) is 4.38. The van der Waals surface area contributed by atoms with Gasteiger partial charge in [0.15, 0.2) is 0 Å². The summed E-state index contributed by atoms with van der Waals surface area (Å²) < 4.78 is 0. The Kier molecular flexibility index (Phi) is 3.02. The quantitative estimate of drug-likeness (QED) is 0.816. The summed E-state index contributed by atoms with van der Waals surface area (Å²) in [5.41, 5.74) is 12.3. The Balaban J connectivity index is 1.81. The molecule has 1 heteroatoms. The molecule has 1 aromatic rings. The molecule has 3 aliphatic rings. The van der Waals surface area contributed by atoms with E-state index in [0.717, 1.165) is 6.42 Å². The highest BCUT2D eigenvalue weighted by Crippen LogP contribution is 2.52. The molecule has 3 atom stereocenters. The molecule has 3 aliphatic carbocycles. The second-order valence-electron chi connectivity index (χ2n) is 7.20. The summed E-state index contributed by atoms with van der Waals surface area (Å²) in [5, 5.41) is 0. The molecule has 0 aromatic heterocycles.